The van der Waals surface area contributed by atoms with Gasteiger partial charge >= 0.3 is 0 Å². The van der Waals surface area contributed by atoms with E-state index in [-0.39, 0.29) is 0 Å². The van der Waals surface area contributed by atoms with Crippen LogP contribution in [0.5, 0.6) is 0 Å². The van der Waals surface area contributed by atoms with Crippen LogP contribution in [0.25, 0.3) is 105 Å². The minimum absolute atomic E-state index is 0.658. The Balaban J connectivity index is 1.01. The molecule has 4 nitrogen and oxygen atoms in total. The van der Waals surface area contributed by atoms with Gasteiger partial charge in [0.25, 0.3) is 0 Å². The molecule has 0 N–H and O–H groups in total. The molecular weight excluding hydrogens is 669 g/mol. The van der Waals surface area contributed by atoms with Gasteiger partial charge < -0.3 is 4.57 Å². The summed E-state index contributed by atoms with van der Waals surface area (Å²) >= 11 is 0. The second-order valence-corrected chi connectivity index (χ2v) is 14.1. The normalized spacial score (nSPS) is 11.6. The van der Waals surface area contributed by atoms with Gasteiger partial charge in [-0.2, -0.15) is 5.26 Å². The van der Waals surface area contributed by atoms with Crippen LogP contribution in [-0.4, -0.2) is 14.5 Å². The van der Waals surface area contributed by atoms with Crippen molar-refractivity contribution in [2.75, 3.05) is 0 Å². The highest BCUT2D eigenvalue weighted by Gasteiger charge is 2.17. The number of nitrogens with zero attached hydrogens (tertiary/aromatic N) is 4. The lowest BCUT2D eigenvalue weighted by atomic mass is 9.87. The summed E-state index contributed by atoms with van der Waals surface area (Å²) in [7, 11) is 0. The average molecular weight is 699 g/mol. The standard InChI is InChI=1S/C51H30N4/c52-31-32-9-23-48-44(29-32)45-30-38(18-24-49(45)55(48)39-5-2-1-3-6-39)33-10-12-34(13-11-33)40-19-14-36-17-22-43-41(20-15-37-16-21-42(40)50(36)51(37)43)47-8-4-7-46(54-47)35-25-27-53-28-26-35/h1-30H. The second-order valence-electron chi connectivity index (χ2n) is 14.1. The first-order valence-electron chi connectivity index (χ1n) is 18.4. The molecule has 8 aromatic carbocycles. The van der Waals surface area contributed by atoms with E-state index in [1.807, 2.05) is 42.7 Å². The van der Waals surface area contributed by atoms with Gasteiger partial charge in [0.05, 0.1) is 34.1 Å². The molecule has 4 heteroatoms. The van der Waals surface area contributed by atoms with Crippen LogP contribution in [0.15, 0.2) is 182 Å². The van der Waals surface area contributed by atoms with Gasteiger partial charge in [-0.05, 0) is 121 Å². The Hall–Kier alpha value is -7.61. The van der Waals surface area contributed by atoms with Crippen molar-refractivity contribution in [1.29, 1.82) is 5.26 Å². The number of benzene rings is 8. The molecule has 11 aromatic rings. The van der Waals surface area contributed by atoms with E-state index < -0.39 is 0 Å². The summed E-state index contributed by atoms with van der Waals surface area (Å²) in [6.07, 6.45) is 3.62. The SMILES string of the molecule is N#Cc1ccc2c(c1)c1cc(-c3ccc(-c4ccc5ccc6c(-c7cccc(-c8ccncc8)n7)ccc7ccc4c5c76)cc3)ccc1n2-c1ccccc1. The van der Waals surface area contributed by atoms with Gasteiger partial charge in [-0.25, -0.2) is 4.98 Å². The first-order chi connectivity index (χ1) is 27.2. The number of hydrogen-bond donors (Lipinski definition) is 0. The molecule has 3 heterocycles. The Bertz CT molecular complexity index is 3300. The zero-order valence-electron chi connectivity index (χ0n) is 29.6. The average Bonchev–Trinajstić information content (AvgIpc) is 3.59. The number of hydrogen-bond acceptors (Lipinski definition) is 3. The largest absolute Gasteiger partial charge is 0.309 e. The van der Waals surface area contributed by atoms with E-state index in [1.165, 1.54) is 43.4 Å². The van der Waals surface area contributed by atoms with Crippen LogP contribution in [-0.2, 0) is 0 Å². The topological polar surface area (TPSA) is 54.5 Å². The molecule has 11 rings (SSSR count). The van der Waals surface area contributed by atoms with Gasteiger partial charge in [0.15, 0.2) is 0 Å². The third kappa shape index (κ3) is 4.91. The molecule has 0 aliphatic carbocycles. The van der Waals surface area contributed by atoms with Crippen LogP contribution in [0.2, 0.25) is 0 Å². The first kappa shape index (κ1) is 31.0. The molecule has 0 amide bonds. The molecule has 0 aliphatic heterocycles. The van der Waals surface area contributed by atoms with E-state index in [1.54, 1.807) is 0 Å². The van der Waals surface area contributed by atoms with Crippen molar-refractivity contribution in [3.63, 3.8) is 0 Å². The number of para-hydroxylation sites is 1. The minimum atomic E-state index is 0.658. The molecule has 0 radical (unpaired) electrons. The number of nitriles is 1. The van der Waals surface area contributed by atoms with Gasteiger partial charge in [-0.3, -0.25) is 4.98 Å². The summed E-state index contributed by atoms with van der Waals surface area (Å²) in [6.45, 7) is 0. The summed E-state index contributed by atoms with van der Waals surface area (Å²) < 4.78 is 2.28. The molecule has 0 bridgehead atoms. The van der Waals surface area contributed by atoms with Crippen molar-refractivity contribution >= 4 is 54.1 Å². The monoisotopic (exact) mass is 698 g/mol. The molecule has 0 saturated carbocycles. The lowest BCUT2D eigenvalue weighted by molar-refractivity contribution is 1.18. The molecule has 0 unspecified atom stereocenters. The quantitative estimate of drug-likeness (QED) is 0.168. The molecule has 55 heavy (non-hydrogen) atoms. The molecule has 254 valence electrons. The van der Waals surface area contributed by atoms with Crippen molar-refractivity contribution in [3.8, 4) is 56.5 Å². The second kappa shape index (κ2) is 12.2. The predicted octanol–water partition coefficient (Wildman–Crippen LogP) is 13.0. The van der Waals surface area contributed by atoms with Crippen molar-refractivity contribution in [2.24, 2.45) is 0 Å². The number of rotatable bonds is 5. The molecular formula is C51H30N4. The fraction of sp³-hybridized carbons (Fsp3) is 0. The van der Waals surface area contributed by atoms with Crippen LogP contribution in [0, 0.1) is 11.3 Å². The van der Waals surface area contributed by atoms with Gasteiger partial charge in [-0.15, -0.1) is 0 Å². The third-order valence-electron chi connectivity index (χ3n) is 11.1. The van der Waals surface area contributed by atoms with E-state index in [9.17, 15) is 5.26 Å². The Labute approximate surface area is 317 Å². The molecule has 0 fully saturated rings. The van der Waals surface area contributed by atoms with E-state index in [0.717, 1.165) is 61.1 Å². The highest BCUT2D eigenvalue weighted by Crippen LogP contribution is 2.43. The fourth-order valence-corrected chi connectivity index (χ4v) is 8.51. The summed E-state index contributed by atoms with van der Waals surface area (Å²) in [4.78, 5) is 9.29. The first-order valence-corrected chi connectivity index (χ1v) is 18.4. The van der Waals surface area contributed by atoms with Crippen molar-refractivity contribution < 1.29 is 0 Å². The summed E-state index contributed by atoms with van der Waals surface area (Å²) in [6, 6.07) is 62.6. The Morgan fingerprint density at radius 3 is 1.80 bits per heavy atom. The molecule has 0 atom stereocenters. The lowest BCUT2D eigenvalue weighted by Gasteiger charge is -2.16. The van der Waals surface area contributed by atoms with Crippen LogP contribution in [0.3, 0.4) is 0 Å². The maximum absolute atomic E-state index is 9.74. The third-order valence-corrected chi connectivity index (χ3v) is 11.1. The van der Waals surface area contributed by atoms with E-state index in [4.69, 9.17) is 4.98 Å². The highest BCUT2D eigenvalue weighted by molar-refractivity contribution is 6.27. The lowest BCUT2D eigenvalue weighted by Crippen LogP contribution is -1.93. The summed E-state index contributed by atoms with van der Waals surface area (Å²) in [5.74, 6) is 0. The number of pyridine rings is 2. The summed E-state index contributed by atoms with van der Waals surface area (Å²) in [5.41, 5.74) is 12.7. The zero-order chi connectivity index (χ0) is 36.5. The van der Waals surface area contributed by atoms with E-state index in [0.29, 0.717) is 5.56 Å². The Morgan fingerprint density at radius 2 is 1.05 bits per heavy atom. The molecule has 3 aromatic heterocycles. The minimum Gasteiger partial charge on any atom is -0.309 e. The molecule has 0 aliphatic rings. The van der Waals surface area contributed by atoms with Crippen LogP contribution >= 0.6 is 0 Å². The van der Waals surface area contributed by atoms with Crippen LogP contribution in [0.1, 0.15) is 5.56 Å². The van der Waals surface area contributed by atoms with Crippen LogP contribution < -0.4 is 0 Å². The van der Waals surface area contributed by atoms with E-state index in [2.05, 4.69) is 155 Å². The van der Waals surface area contributed by atoms with Gasteiger partial charge in [-0.1, -0.05) is 103 Å². The number of aromatic nitrogens is 3. The van der Waals surface area contributed by atoms with Crippen LogP contribution in [0.4, 0.5) is 0 Å². The number of fused-ring (bicyclic) bond motifs is 3. The van der Waals surface area contributed by atoms with Crippen molar-refractivity contribution in [3.05, 3.63) is 188 Å². The van der Waals surface area contributed by atoms with Gasteiger partial charge in [0, 0.05) is 40.0 Å². The van der Waals surface area contributed by atoms with E-state index >= 15 is 0 Å². The molecule has 0 spiro atoms. The Kier molecular flexibility index (Phi) is 6.89. The fourth-order valence-electron chi connectivity index (χ4n) is 8.51. The predicted molar refractivity (Wildman–Crippen MR) is 227 cm³/mol. The van der Waals surface area contributed by atoms with Crippen molar-refractivity contribution in [1.82, 2.24) is 14.5 Å². The smallest absolute Gasteiger partial charge is 0.0991 e. The Morgan fingerprint density at radius 1 is 0.436 bits per heavy atom. The maximum atomic E-state index is 9.74. The summed E-state index contributed by atoms with van der Waals surface area (Å²) in [5, 5.41) is 19.4. The highest BCUT2D eigenvalue weighted by atomic mass is 15.0. The van der Waals surface area contributed by atoms with Crippen molar-refractivity contribution in [2.45, 2.75) is 0 Å². The zero-order valence-corrected chi connectivity index (χ0v) is 29.6. The molecule has 0 saturated heterocycles. The van der Waals surface area contributed by atoms with Gasteiger partial charge in [0.1, 0.15) is 0 Å². The van der Waals surface area contributed by atoms with Gasteiger partial charge in [0.2, 0.25) is 0 Å². The maximum Gasteiger partial charge on any atom is 0.0991 e.